The number of carbonyl (C=O) groups excluding carboxylic acids is 2. The van der Waals surface area contributed by atoms with Crippen LogP contribution in [0.5, 0.6) is 0 Å². The largest absolute Gasteiger partial charge is 0.397 e. The predicted octanol–water partition coefficient (Wildman–Crippen LogP) is 4.90. The van der Waals surface area contributed by atoms with Gasteiger partial charge in [0.15, 0.2) is 0 Å². The highest BCUT2D eigenvalue weighted by molar-refractivity contribution is 5.93. The van der Waals surface area contributed by atoms with Crippen molar-refractivity contribution in [2.75, 3.05) is 37.1 Å². The number of halogens is 3. The molecule has 0 fully saturated rings. The monoisotopic (exact) mass is 488 g/mol. The van der Waals surface area contributed by atoms with Crippen LogP contribution in [0.15, 0.2) is 6.08 Å². The summed E-state index contributed by atoms with van der Waals surface area (Å²) >= 11 is 0. The van der Waals surface area contributed by atoms with Gasteiger partial charge in [-0.1, -0.05) is 12.2 Å². The van der Waals surface area contributed by atoms with E-state index in [4.69, 9.17) is 9.47 Å². The molecular weight excluding hydrogens is 453 g/mol. The third-order valence-corrected chi connectivity index (χ3v) is 4.84. The van der Waals surface area contributed by atoms with Crippen LogP contribution in [-0.2, 0) is 19.1 Å². The number of nitrogens with zero attached hydrogens (tertiary/aromatic N) is 2. The van der Waals surface area contributed by atoms with Gasteiger partial charge in [0.1, 0.15) is 5.82 Å². The van der Waals surface area contributed by atoms with E-state index in [1.807, 2.05) is 13.8 Å². The van der Waals surface area contributed by atoms with Crippen LogP contribution in [-0.4, -0.2) is 54.4 Å². The Hall–Kier alpha value is -2.53. The van der Waals surface area contributed by atoms with Gasteiger partial charge in [-0.3, -0.25) is 14.9 Å². The molecule has 0 spiro atoms. The van der Waals surface area contributed by atoms with Crippen molar-refractivity contribution in [2.24, 2.45) is 5.41 Å². The SMILES string of the molecule is CCOCCCC(=O)Nc1nc(C)c(C=CC(C)(C)C(F)(F)F)c(NC(=O)CCCOCC)n1. The predicted molar refractivity (Wildman–Crippen MR) is 124 cm³/mol. The van der Waals surface area contributed by atoms with Gasteiger partial charge < -0.3 is 14.8 Å². The summed E-state index contributed by atoms with van der Waals surface area (Å²) in [7, 11) is 0. The fourth-order valence-corrected chi connectivity index (χ4v) is 2.66. The van der Waals surface area contributed by atoms with Crippen molar-refractivity contribution in [1.82, 2.24) is 9.97 Å². The number of hydrogen-bond acceptors (Lipinski definition) is 6. The number of ether oxygens (including phenoxy) is 2. The zero-order valence-corrected chi connectivity index (χ0v) is 20.5. The lowest BCUT2D eigenvalue weighted by Gasteiger charge is -2.24. The molecule has 1 aromatic rings. The van der Waals surface area contributed by atoms with Gasteiger partial charge in [0, 0.05) is 44.8 Å². The first kappa shape index (κ1) is 29.5. The standard InChI is InChI=1S/C23H35F3N4O4/c1-6-33-14-8-10-18(31)28-20-17(12-13-22(4,5)23(24,25)26)16(3)27-21(30-20)29-19(32)11-9-15-34-7-2/h12-13H,6-11,14-15H2,1-5H3,(H2,27,28,29,30,31,32). The van der Waals surface area contributed by atoms with E-state index in [9.17, 15) is 22.8 Å². The molecule has 1 aromatic heterocycles. The Morgan fingerprint density at radius 3 is 1.97 bits per heavy atom. The van der Waals surface area contributed by atoms with E-state index in [1.165, 1.54) is 6.08 Å². The topological polar surface area (TPSA) is 102 Å². The minimum absolute atomic E-state index is 0.0211. The number of allylic oxidation sites excluding steroid dienone is 1. The lowest BCUT2D eigenvalue weighted by Crippen LogP contribution is -2.29. The average molecular weight is 489 g/mol. The van der Waals surface area contributed by atoms with E-state index in [-0.39, 0.29) is 42.0 Å². The van der Waals surface area contributed by atoms with Crippen molar-refractivity contribution in [2.45, 2.75) is 66.5 Å². The van der Waals surface area contributed by atoms with Gasteiger partial charge in [-0.2, -0.15) is 18.2 Å². The Morgan fingerprint density at radius 1 is 0.941 bits per heavy atom. The maximum absolute atomic E-state index is 13.3. The summed E-state index contributed by atoms with van der Waals surface area (Å²) in [6.45, 7) is 9.28. The Bertz CT molecular complexity index is 842. The van der Waals surface area contributed by atoms with Gasteiger partial charge in [0.05, 0.1) is 11.1 Å². The highest BCUT2D eigenvalue weighted by Crippen LogP contribution is 2.39. The molecule has 2 amide bonds. The van der Waals surface area contributed by atoms with Gasteiger partial charge in [-0.15, -0.1) is 0 Å². The average Bonchev–Trinajstić information content (AvgIpc) is 2.73. The zero-order valence-electron chi connectivity index (χ0n) is 20.5. The summed E-state index contributed by atoms with van der Waals surface area (Å²) in [4.78, 5) is 33.0. The maximum Gasteiger partial charge on any atom is 0.397 e. The summed E-state index contributed by atoms with van der Waals surface area (Å²) in [5.74, 6) is -0.741. The van der Waals surface area contributed by atoms with Gasteiger partial charge in [-0.05, 0) is 47.5 Å². The minimum atomic E-state index is -4.46. The number of anilines is 2. The number of alkyl halides is 3. The molecule has 0 atom stereocenters. The first-order chi connectivity index (χ1) is 15.9. The van der Waals surface area contributed by atoms with Crippen molar-refractivity contribution in [3.8, 4) is 0 Å². The molecule has 0 unspecified atom stereocenters. The van der Waals surface area contributed by atoms with E-state index >= 15 is 0 Å². The van der Waals surface area contributed by atoms with Crippen molar-refractivity contribution in [3.63, 3.8) is 0 Å². The van der Waals surface area contributed by atoms with Crippen molar-refractivity contribution in [3.05, 3.63) is 17.3 Å². The molecule has 1 rings (SSSR count). The Labute approximate surface area is 198 Å². The Kier molecular flexibility index (Phi) is 12.2. The number of aromatic nitrogens is 2. The number of nitrogens with one attached hydrogen (secondary N) is 2. The molecule has 34 heavy (non-hydrogen) atoms. The Morgan fingerprint density at radius 2 is 1.47 bits per heavy atom. The highest BCUT2D eigenvalue weighted by Gasteiger charge is 2.45. The molecule has 0 saturated carbocycles. The van der Waals surface area contributed by atoms with Crippen LogP contribution in [0.3, 0.4) is 0 Å². The molecule has 0 radical (unpaired) electrons. The van der Waals surface area contributed by atoms with E-state index < -0.39 is 11.6 Å². The van der Waals surface area contributed by atoms with E-state index in [0.29, 0.717) is 45.0 Å². The van der Waals surface area contributed by atoms with Crippen LogP contribution in [0.1, 0.15) is 64.6 Å². The van der Waals surface area contributed by atoms with Gasteiger partial charge in [0.25, 0.3) is 0 Å². The molecule has 0 aliphatic carbocycles. The van der Waals surface area contributed by atoms with Crippen molar-refractivity contribution < 1.29 is 32.2 Å². The van der Waals surface area contributed by atoms with Gasteiger partial charge >= 0.3 is 6.18 Å². The van der Waals surface area contributed by atoms with Crippen molar-refractivity contribution >= 4 is 29.7 Å². The molecule has 192 valence electrons. The lowest BCUT2D eigenvalue weighted by molar-refractivity contribution is -0.193. The molecule has 11 heteroatoms. The summed E-state index contributed by atoms with van der Waals surface area (Å²) in [5.41, 5.74) is -1.57. The fourth-order valence-electron chi connectivity index (χ4n) is 2.66. The summed E-state index contributed by atoms with van der Waals surface area (Å²) in [5, 5.41) is 5.19. The maximum atomic E-state index is 13.3. The third kappa shape index (κ3) is 10.2. The van der Waals surface area contributed by atoms with Crippen LogP contribution in [0.4, 0.5) is 24.9 Å². The van der Waals surface area contributed by atoms with E-state index in [2.05, 4.69) is 20.6 Å². The smallest absolute Gasteiger partial charge is 0.382 e. The van der Waals surface area contributed by atoms with Gasteiger partial charge in [0.2, 0.25) is 17.8 Å². The first-order valence-corrected chi connectivity index (χ1v) is 11.3. The molecular formula is C23H35F3N4O4. The molecule has 0 saturated heterocycles. The molecule has 0 aliphatic heterocycles. The van der Waals surface area contributed by atoms with Crippen LogP contribution in [0.2, 0.25) is 0 Å². The summed E-state index contributed by atoms with van der Waals surface area (Å²) < 4.78 is 50.3. The molecule has 8 nitrogen and oxygen atoms in total. The normalized spacial score (nSPS) is 12.2. The second-order valence-electron chi connectivity index (χ2n) is 8.14. The summed E-state index contributed by atoms with van der Waals surface area (Å²) in [6.07, 6.45) is -0.921. The minimum Gasteiger partial charge on any atom is -0.382 e. The van der Waals surface area contributed by atoms with E-state index in [0.717, 1.165) is 19.9 Å². The molecule has 0 aromatic carbocycles. The van der Waals surface area contributed by atoms with Crippen molar-refractivity contribution in [1.29, 1.82) is 0 Å². The van der Waals surface area contributed by atoms with Crippen LogP contribution in [0, 0.1) is 12.3 Å². The number of aryl methyl sites for hydroxylation is 1. The zero-order chi connectivity index (χ0) is 25.8. The van der Waals surface area contributed by atoms with Crippen LogP contribution in [0.25, 0.3) is 6.08 Å². The number of carbonyl (C=O) groups is 2. The Balaban J connectivity index is 3.13. The molecule has 0 aliphatic rings. The van der Waals surface area contributed by atoms with Crippen LogP contribution >= 0.6 is 0 Å². The lowest BCUT2D eigenvalue weighted by atomic mass is 9.91. The number of amides is 2. The quantitative estimate of drug-likeness (QED) is 0.361. The second kappa shape index (κ2) is 14.0. The third-order valence-electron chi connectivity index (χ3n) is 4.84. The second-order valence-corrected chi connectivity index (χ2v) is 8.14. The fraction of sp³-hybridized carbons (Fsp3) is 0.652. The number of rotatable bonds is 14. The number of hydrogen-bond donors (Lipinski definition) is 2. The summed E-state index contributed by atoms with van der Waals surface area (Å²) in [6, 6.07) is 0. The van der Waals surface area contributed by atoms with E-state index in [1.54, 1.807) is 6.92 Å². The van der Waals surface area contributed by atoms with Crippen LogP contribution < -0.4 is 10.6 Å². The molecule has 2 N–H and O–H groups in total. The molecule has 1 heterocycles. The molecule has 0 bridgehead atoms. The highest BCUT2D eigenvalue weighted by atomic mass is 19.4. The first-order valence-electron chi connectivity index (χ1n) is 11.3. The van der Waals surface area contributed by atoms with Gasteiger partial charge in [-0.25, -0.2) is 4.98 Å².